The number of nitrogens with zero attached hydrogens (tertiary/aromatic N) is 3. The van der Waals surface area contributed by atoms with Gasteiger partial charge in [-0.2, -0.15) is 13.2 Å². The van der Waals surface area contributed by atoms with Crippen molar-refractivity contribution in [1.29, 1.82) is 0 Å². The number of ether oxygens (including phenoxy) is 1. The van der Waals surface area contributed by atoms with Crippen LogP contribution in [-0.4, -0.2) is 81.7 Å². The molecule has 0 radical (unpaired) electrons. The smallest absolute Gasteiger partial charge is 0.391 e. The summed E-state index contributed by atoms with van der Waals surface area (Å²) in [5.41, 5.74) is 8.26. The monoisotopic (exact) mass is 358 g/mol. The highest BCUT2D eigenvalue weighted by molar-refractivity contribution is 5.82. The highest BCUT2D eigenvalue weighted by atomic mass is 19.4. The maximum atomic E-state index is 12.4. The number of amides is 1. The van der Waals surface area contributed by atoms with E-state index >= 15 is 0 Å². The van der Waals surface area contributed by atoms with Crippen LogP contribution >= 0.6 is 0 Å². The van der Waals surface area contributed by atoms with Crippen LogP contribution in [0.15, 0.2) is 5.11 Å². The lowest BCUT2D eigenvalue weighted by Crippen LogP contribution is -2.66. The fraction of sp³-hybridized carbons (Fsp3) is 0.909. The molecule has 1 heterocycles. The van der Waals surface area contributed by atoms with Crippen LogP contribution in [0.25, 0.3) is 10.4 Å². The molecule has 0 bridgehead atoms. The standard InChI is InChI=1S/C11H17F3N4O6/c1-3(19)5(17-10(23)11(12,13)14)9-8(22)7(21)6(20)4(24-9)2-16-18-15/h3-9,19-22H,2H2,1H3,(H,17,23)/t3-,4?,5-,6+,7?,8?,9-/m1/s1. The van der Waals surface area contributed by atoms with Gasteiger partial charge < -0.3 is 30.5 Å². The number of alkyl halides is 3. The van der Waals surface area contributed by atoms with Gasteiger partial charge in [-0.05, 0) is 12.5 Å². The van der Waals surface area contributed by atoms with E-state index in [4.69, 9.17) is 10.3 Å². The van der Waals surface area contributed by atoms with Gasteiger partial charge >= 0.3 is 12.1 Å². The summed E-state index contributed by atoms with van der Waals surface area (Å²) in [6.45, 7) is 0.551. The molecule has 1 rings (SSSR count). The zero-order valence-electron chi connectivity index (χ0n) is 12.3. The van der Waals surface area contributed by atoms with Gasteiger partial charge in [0.1, 0.15) is 24.4 Å². The highest BCUT2D eigenvalue weighted by Crippen LogP contribution is 2.26. The fourth-order valence-corrected chi connectivity index (χ4v) is 2.25. The Morgan fingerprint density at radius 3 is 2.38 bits per heavy atom. The predicted molar refractivity (Wildman–Crippen MR) is 70.4 cm³/mol. The molecule has 1 aliphatic rings. The van der Waals surface area contributed by atoms with Crippen LogP contribution in [0.3, 0.4) is 0 Å². The maximum absolute atomic E-state index is 12.4. The quantitative estimate of drug-likeness (QED) is 0.229. The van der Waals surface area contributed by atoms with Gasteiger partial charge in [-0.1, -0.05) is 5.11 Å². The number of nitrogens with one attached hydrogen (secondary N) is 1. The maximum Gasteiger partial charge on any atom is 0.471 e. The Labute approximate surface area is 133 Å². The second-order valence-corrected chi connectivity index (χ2v) is 5.26. The van der Waals surface area contributed by atoms with Crippen LogP contribution in [0.2, 0.25) is 0 Å². The first-order chi connectivity index (χ1) is 11.0. The molecular weight excluding hydrogens is 341 g/mol. The van der Waals surface area contributed by atoms with Crippen molar-refractivity contribution in [2.75, 3.05) is 6.54 Å². The third kappa shape index (κ3) is 4.69. The van der Waals surface area contributed by atoms with Gasteiger partial charge in [0, 0.05) is 4.91 Å². The highest BCUT2D eigenvalue weighted by Gasteiger charge is 2.49. The molecule has 1 fully saturated rings. The first-order valence-corrected chi connectivity index (χ1v) is 6.77. The number of carbonyl (C=O) groups is 1. The van der Waals surface area contributed by atoms with Gasteiger partial charge in [-0.3, -0.25) is 4.79 Å². The SMILES string of the molecule is C[C@@H](O)[C@@H](NC(=O)C(F)(F)F)[C@H]1OC(CN=[N+]=[N-])[C@H](O)C(O)C1O. The van der Waals surface area contributed by atoms with Crippen LogP contribution < -0.4 is 5.32 Å². The molecule has 0 aromatic heterocycles. The van der Waals surface area contributed by atoms with Gasteiger partial charge in [-0.25, -0.2) is 0 Å². The van der Waals surface area contributed by atoms with Gasteiger partial charge in [0.05, 0.1) is 24.8 Å². The largest absolute Gasteiger partial charge is 0.471 e. The molecule has 138 valence electrons. The van der Waals surface area contributed by atoms with Crippen molar-refractivity contribution in [3.63, 3.8) is 0 Å². The summed E-state index contributed by atoms with van der Waals surface area (Å²) >= 11 is 0. The zero-order chi connectivity index (χ0) is 18.7. The minimum absolute atomic E-state index is 0.488. The van der Waals surface area contributed by atoms with Crippen molar-refractivity contribution >= 4 is 5.91 Å². The summed E-state index contributed by atoms with van der Waals surface area (Å²) in [4.78, 5) is 13.5. The Kier molecular flexibility index (Phi) is 6.77. The molecule has 5 N–H and O–H groups in total. The van der Waals surface area contributed by atoms with E-state index in [9.17, 15) is 38.4 Å². The minimum Gasteiger partial charge on any atom is -0.391 e. The van der Waals surface area contributed by atoms with Crippen LogP contribution in [0.1, 0.15) is 6.92 Å². The molecule has 3 unspecified atom stereocenters. The van der Waals surface area contributed by atoms with Crippen molar-refractivity contribution in [3.05, 3.63) is 10.4 Å². The van der Waals surface area contributed by atoms with Crippen molar-refractivity contribution in [1.82, 2.24) is 5.32 Å². The third-order valence-electron chi connectivity index (χ3n) is 3.50. The van der Waals surface area contributed by atoms with Crippen molar-refractivity contribution in [3.8, 4) is 0 Å². The molecule has 10 nitrogen and oxygen atoms in total. The first kappa shape index (κ1) is 20.4. The van der Waals surface area contributed by atoms with E-state index in [0.717, 1.165) is 6.92 Å². The average molecular weight is 358 g/mol. The van der Waals surface area contributed by atoms with E-state index in [1.54, 1.807) is 0 Å². The number of hydrogen-bond donors (Lipinski definition) is 5. The average Bonchev–Trinajstić information content (AvgIpc) is 2.48. The molecule has 13 heteroatoms. The second kappa shape index (κ2) is 7.96. The van der Waals surface area contributed by atoms with E-state index in [1.165, 1.54) is 5.32 Å². The topological polar surface area (TPSA) is 168 Å². The molecule has 1 aliphatic heterocycles. The van der Waals surface area contributed by atoms with Gasteiger partial charge in [0.15, 0.2) is 0 Å². The Morgan fingerprint density at radius 2 is 1.92 bits per heavy atom. The van der Waals surface area contributed by atoms with E-state index in [1.807, 2.05) is 0 Å². The summed E-state index contributed by atoms with van der Waals surface area (Å²) in [7, 11) is 0. The molecule has 7 atom stereocenters. The van der Waals surface area contributed by atoms with Crippen LogP contribution in [0.4, 0.5) is 13.2 Å². The summed E-state index contributed by atoms with van der Waals surface area (Å²) < 4.78 is 42.3. The minimum atomic E-state index is -5.24. The number of halogens is 3. The Morgan fingerprint density at radius 1 is 1.33 bits per heavy atom. The number of rotatable bonds is 5. The molecule has 1 saturated heterocycles. The summed E-state index contributed by atoms with van der Waals surface area (Å²) in [6, 6.07) is -1.75. The second-order valence-electron chi connectivity index (χ2n) is 5.26. The lowest BCUT2D eigenvalue weighted by Gasteiger charge is -2.44. The molecule has 0 aromatic carbocycles. The zero-order valence-corrected chi connectivity index (χ0v) is 12.3. The number of azide groups is 1. The van der Waals surface area contributed by atoms with E-state index in [2.05, 4.69) is 10.0 Å². The predicted octanol–water partition coefficient (Wildman–Crippen LogP) is -1.43. The third-order valence-corrected chi connectivity index (χ3v) is 3.50. The lowest BCUT2D eigenvalue weighted by molar-refractivity contribution is -0.232. The number of carbonyl (C=O) groups excluding carboxylic acids is 1. The summed E-state index contributed by atoms with van der Waals surface area (Å²) in [5.74, 6) is -2.38. The normalized spacial score (nSPS) is 33.2. The number of aliphatic hydroxyl groups is 4. The molecule has 1 amide bonds. The van der Waals surface area contributed by atoms with Crippen LogP contribution in [0.5, 0.6) is 0 Å². The molecular formula is C11H17F3N4O6. The Bertz CT molecular complexity index is 499. The summed E-state index contributed by atoms with van der Waals surface area (Å²) in [5, 5.41) is 43.6. The fourth-order valence-electron chi connectivity index (χ4n) is 2.25. The molecule has 0 saturated carbocycles. The molecule has 0 aromatic rings. The van der Waals surface area contributed by atoms with Crippen LogP contribution in [0, 0.1) is 0 Å². The van der Waals surface area contributed by atoms with E-state index in [0.29, 0.717) is 0 Å². The Balaban J connectivity index is 3.02. The Hall–Kier alpha value is -1.63. The van der Waals surface area contributed by atoms with Crippen molar-refractivity contribution in [2.24, 2.45) is 5.11 Å². The van der Waals surface area contributed by atoms with E-state index < -0.39 is 61.3 Å². The van der Waals surface area contributed by atoms with Gasteiger partial charge in [-0.15, -0.1) is 0 Å². The lowest BCUT2D eigenvalue weighted by atomic mass is 9.89. The molecule has 24 heavy (non-hydrogen) atoms. The van der Waals surface area contributed by atoms with Crippen LogP contribution in [-0.2, 0) is 9.53 Å². The van der Waals surface area contributed by atoms with Crippen molar-refractivity contribution in [2.45, 2.75) is 55.8 Å². The van der Waals surface area contributed by atoms with Crippen molar-refractivity contribution < 1.29 is 43.1 Å². The number of aliphatic hydroxyl groups excluding tert-OH is 4. The number of hydrogen-bond acceptors (Lipinski definition) is 7. The van der Waals surface area contributed by atoms with Gasteiger partial charge in [0.25, 0.3) is 0 Å². The van der Waals surface area contributed by atoms with E-state index in [-0.39, 0.29) is 0 Å². The molecule has 0 spiro atoms. The van der Waals surface area contributed by atoms with Gasteiger partial charge in [0.2, 0.25) is 0 Å². The first-order valence-electron chi connectivity index (χ1n) is 6.77. The summed E-state index contributed by atoms with van der Waals surface area (Å²) in [6.07, 6.45) is -15.3. The molecule has 0 aliphatic carbocycles.